The smallest absolute Gasteiger partial charge is 0.255 e. The fraction of sp³-hybridized carbons (Fsp3) is 0.440. The number of nitrogens with one attached hydrogen (secondary N) is 1. The van der Waals surface area contributed by atoms with E-state index in [2.05, 4.69) is 17.4 Å². The number of ether oxygens (including phenoxy) is 2. The van der Waals surface area contributed by atoms with Crippen molar-refractivity contribution in [3.05, 3.63) is 65.7 Å². The zero-order valence-electron chi connectivity index (χ0n) is 18.8. The molecule has 1 N–H and O–H groups in total. The highest BCUT2D eigenvalue weighted by Crippen LogP contribution is 2.20. The molecule has 172 valence electrons. The molecule has 1 heterocycles. The number of amides is 2. The summed E-state index contributed by atoms with van der Waals surface area (Å²) >= 11 is 1.66. The molecule has 0 spiro atoms. The Kier molecular flexibility index (Phi) is 9.43. The van der Waals surface area contributed by atoms with Crippen molar-refractivity contribution in [2.75, 3.05) is 32.2 Å². The van der Waals surface area contributed by atoms with Crippen LogP contribution < -0.4 is 10.1 Å². The van der Waals surface area contributed by atoms with Crippen molar-refractivity contribution in [1.29, 1.82) is 0 Å². The summed E-state index contributed by atoms with van der Waals surface area (Å²) in [4.78, 5) is 28.0. The average molecular weight is 457 g/mol. The van der Waals surface area contributed by atoms with Crippen LogP contribution in [0.3, 0.4) is 0 Å². The van der Waals surface area contributed by atoms with Crippen LogP contribution in [0.5, 0.6) is 5.75 Å². The van der Waals surface area contributed by atoms with E-state index in [4.69, 9.17) is 9.47 Å². The van der Waals surface area contributed by atoms with Crippen molar-refractivity contribution in [3.63, 3.8) is 0 Å². The second kappa shape index (κ2) is 12.5. The molecule has 2 aromatic rings. The third kappa shape index (κ3) is 6.74. The third-order valence-corrected chi connectivity index (χ3v) is 6.29. The highest BCUT2D eigenvalue weighted by Gasteiger charge is 2.30. The minimum atomic E-state index is -0.554. The van der Waals surface area contributed by atoms with Crippen LogP contribution in [-0.4, -0.2) is 61.1 Å². The molecule has 0 saturated carbocycles. The molecule has 1 unspecified atom stereocenters. The van der Waals surface area contributed by atoms with E-state index in [-0.39, 0.29) is 17.9 Å². The number of carbonyl (C=O) groups excluding carboxylic acids is 2. The van der Waals surface area contributed by atoms with Gasteiger partial charge in [0.2, 0.25) is 5.91 Å². The van der Waals surface area contributed by atoms with Gasteiger partial charge in [-0.3, -0.25) is 9.59 Å². The van der Waals surface area contributed by atoms with Gasteiger partial charge in [-0.1, -0.05) is 42.5 Å². The Bertz CT molecular complexity index is 869. The van der Waals surface area contributed by atoms with Gasteiger partial charge in [-0.15, -0.1) is 0 Å². The number of likely N-dealkylation sites (tertiary alicyclic amines) is 1. The van der Waals surface area contributed by atoms with Crippen LogP contribution in [0.2, 0.25) is 0 Å². The molecule has 32 heavy (non-hydrogen) atoms. The first-order chi connectivity index (χ1) is 15.6. The van der Waals surface area contributed by atoms with Crippen LogP contribution in [0.1, 0.15) is 35.2 Å². The summed E-state index contributed by atoms with van der Waals surface area (Å²) in [6, 6.07) is 16.6. The van der Waals surface area contributed by atoms with Crippen molar-refractivity contribution >= 4 is 23.6 Å². The first-order valence-corrected chi connectivity index (χ1v) is 12.4. The van der Waals surface area contributed by atoms with Crippen molar-refractivity contribution < 1.29 is 19.1 Å². The van der Waals surface area contributed by atoms with Crippen LogP contribution in [0, 0.1) is 0 Å². The van der Waals surface area contributed by atoms with Gasteiger partial charge in [-0.2, -0.15) is 11.8 Å². The molecule has 7 heteroatoms. The van der Waals surface area contributed by atoms with Gasteiger partial charge in [0.1, 0.15) is 11.8 Å². The van der Waals surface area contributed by atoms with Crippen LogP contribution in [0.25, 0.3) is 0 Å². The zero-order chi connectivity index (χ0) is 22.8. The first-order valence-electron chi connectivity index (χ1n) is 11.0. The molecule has 1 aliphatic rings. The summed E-state index contributed by atoms with van der Waals surface area (Å²) in [6.07, 6.45) is 4.33. The Hall–Kier alpha value is -2.51. The summed E-state index contributed by atoms with van der Waals surface area (Å²) < 4.78 is 11.3. The van der Waals surface area contributed by atoms with Crippen molar-refractivity contribution in [3.8, 4) is 5.75 Å². The predicted octanol–water partition coefficient (Wildman–Crippen LogP) is 3.75. The summed E-state index contributed by atoms with van der Waals surface area (Å²) in [5, 5.41) is 2.94. The van der Waals surface area contributed by atoms with Crippen LogP contribution in [0.15, 0.2) is 54.6 Å². The van der Waals surface area contributed by atoms with E-state index < -0.39 is 6.04 Å². The summed E-state index contributed by atoms with van der Waals surface area (Å²) in [6.45, 7) is 1.86. The summed E-state index contributed by atoms with van der Waals surface area (Å²) in [5.41, 5.74) is 1.59. The van der Waals surface area contributed by atoms with Gasteiger partial charge < -0.3 is 19.7 Å². The lowest BCUT2D eigenvalue weighted by Gasteiger charge is -2.34. The molecule has 1 atom stereocenters. The average Bonchev–Trinajstić information content (AvgIpc) is 2.85. The molecule has 1 aliphatic heterocycles. The third-order valence-electron chi connectivity index (χ3n) is 5.65. The van der Waals surface area contributed by atoms with Gasteiger partial charge in [-0.25, -0.2) is 0 Å². The van der Waals surface area contributed by atoms with Crippen molar-refractivity contribution in [2.24, 2.45) is 0 Å². The van der Waals surface area contributed by atoms with Gasteiger partial charge in [-0.05, 0) is 49.0 Å². The quantitative estimate of drug-likeness (QED) is 0.590. The SMILES string of the molecule is COc1ccccc1C(=O)NC(CCSC)C(=O)N1CCC(OCc2ccccc2)CC1. The molecule has 2 aromatic carbocycles. The van der Waals surface area contributed by atoms with Gasteiger partial charge in [0.05, 0.1) is 25.4 Å². The molecule has 0 bridgehead atoms. The number of rotatable bonds is 10. The number of hydrogen-bond acceptors (Lipinski definition) is 5. The van der Waals surface area contributed by atoms with Gasteiger partial charge in [0, 0.05) is 13.1 Å². The lowest BCUT2D eigenvalue weighted by molar-refractivity contribution is -0.136. The van der Waals surface area contributed by atoms with Crippen molar-refractivity contribution in [2.45, 2.75) is 38.0 Å². The molecular weight excluding hydrogens is 424 g/mol. The summed E-state index contributed by atoms with van der Waals surface area (Å²) in [7, 11) is 1.53. The minimum absolute atomic E-state index is 0.0243. The Morgan fingerprint density at radius 3 is 2.47 bits per heavy atom. The van der Waals surface area contributed by atoms with Crippen LogP contribution in [-0.2, 0) is 16.1 Å². The molecule has 0 aromatic heterocycles. The molecule has 3 rings (SSSR count). The van der Waals surface area contributed by atoms with Crippen molar-refractivity contribution in [1.82, 2.24) is 10.2 Å². The molecule has 0 aliphatic carbocycles. The number of nitrogens with zero attached hydrogens (tertiary/aromatic N) is 1. The second-order valence-electron chi connectivity index (χ2n) is 7.83. The molecule has 2 amide bonds. The van der Waals surface area contributed by atoms with E-state index in [9.17, 15) is 9.59 Å². The monoisotopic (exact) mass is 456 g/mol. The Morgan fingerprint density at radius 1 is 1.09 bits per heavy atom. The molecule has 1 saturated heterocycles. The maximum absolute atomic E-state index is 13.2. The summed E-state index contributed by atoms with van der Waals surface area (Å²) in [5.74, 6) is 0.975. The number of piperidine rings is 1. The Balaban J connectivity index is 1.55. The highest BCUT2D eigenvalue weighted by molar-refractivity contribution is 7.98. The van der Waals surface area contributed by atoms with Gasteiger partial charge in [0.15, 0.2) is 0 Å². The topological polar surface area (TPSA) is 67.9 Å². The number of para-hydroxylation sites is 1. The number of hydrogen-bond donors (Lipinski definition) is 1. The lowest BCUT2D eigenvalue weighted by Crippen LogP contribution is -2.51. The molecule has 1 fully saturated rings. The number of thioether (sulfide) groups is 1. The maximum atomic E-state index is 13.2. The minimum Gasteiger partial charge on any atom is -0.496 e. The maximum Gasteiger partial charge on any atom is 0.255 e. The fourth-order valence-corrected chi connectivity index (χ4v) is 4.28. The standard InChI is InChI=1S/C25H32N2O4S/c1-30-23-11-7-6-10-21(23)24(28)26-22(14-17-32-2)25(29)27-15-12-20(13-16-27)31-18-19-8-4-3-5-9-19/h3-11,20,22H,12-18H2,1-2H3,(H,26,28). The van der Waals surface area contributed by atoms with E-state index in [1.54, 1.807) is 30.0 Å². The predicted molar refractivity (Wildman–Crippen MR) is 128 cm³/mol. The van der Waals surface area contributed by atoms with E-state index in [1.807, 2.05) is 35.4 Å². The Morgan fingerprint density at radius 2 is 1.78 bits per heavy atom. The first kappa shape index (κ1) is 24.1. The van der Waals surface area contributed by atoms with Crippen LogP contribution in [0.4, 0.5) is 0 Å². The van der Waals surface area contributed by atoms with E-state index >= 15 is 0 Å². The number of benzene rings is 2. The molecule has 0 radical (unpaired) electrons. The van der Waals surface area contributed by atoms with E-state index in [1.165, 1.54) is 7.11 Å². The van der Waals surface area contributed by atoms with E-state index in [0.717, 1.165) is 24.2 Å². The molecular formula is C25H32N2O4S. The largest absolute Gasteiger partial charge is 0.496 e. The van der Waals surface area contributed by atoms with Gasteiger partial charge in [0.25, 0.3) is 5.91 Å². The van der Waals surface area contributed by atoms with Gasteiger partial charge >= 0.3 is 0 Å². The Labute approximate surface area is 194 Å². The normalized spacial score (nSPS) is 15.2. The van der Waals surface area contributed by atoms with Crippen LogP contribution >= 0.6 is 11.8 Å². The zero-order valence-corrected chi connectivity index (χ0v) is 19.6. The number of methoxy groups -OCH3 is 1. The number of carbonyl (C=O) groups is 2. The second-order valence-corrected chi connectivity index (χ2v) is 8.81. The van der Waals surface area contributed by atoms with E-state index in [0.29, 0.717) is 37.4 Å². The molecule has 6 nitrogen and oxygen atoms in total. The fourth-order valence-electron chi connectivity index (χ4n) is 3.81. The highest BCUT2D eigenvalue weighted by atomic mass is 32.2. The lowest BCUT2D eigenvalue weighted by atomic mass is 10.1.